The topological polar surface area (TPSA) is 29.1 Å². The zero-order valence-corrected chi connectivity index (χ0v) is 12.2. The first-order valence-corrected chi connectivity index (χ1v) is 6.78. The molecule has 0 aliphatic carbocycles. The van der Waals surface area contributed by atoms with Gasteiger partial charge in [-0.3, -0.25) is 4.79 Å². The van der Waals surface area contributed by atoms with Crippen LogP contribution in [0.4, 0.5) is 4.39 Å². The molecule has 0 aromatic heterocycles. The summed E-state index contributed by atoms with van der Waals surface area (Å²) >= 11 is 4.23. The van der Waals surface area contributed by atoms with Gasteiger partial charge in [0.25, 0.3) is 5.91 Å². The number of carbonyl (C=O) groups is 1. The first-order chi connectivity index (χ1) is 9.49. The van der Waals surface area contributed by atoms with E-state index in [-0.39, 0.29) is 11.7 Å². The van der Waals surface area contributed by atoms with Crippen LogP contribution in [0.25, 0.3) is 0 Å². The van der Waals surface area contributed by atoms with Gasteiger partial charge >= 0.3 is 0 Å². The molecule has 1 unspecified atom stereocenters. The lowest BCUT2D eigenvalue weighted by atomic mass is 10.1. The van der Waals surface area contributed by atoms with Gasteiger partial charge in [0.15, 0.2) is 0 Å². The molecule has 2 nitrogen and oxygen atoms in total. The molecule has 0 fully saturated rings. The van der Waals surface area contributed by atoms with Crippen molar-refractivity contribution in [2.24, 2.45) is 0 Å². The monoisotopic (exact) mass is 289 g/mol. The number of amides is 1. The van der Waals surface area contributed by atoms with E-state index in [1.807, 2.05) is 19.1 Å². The fourth-order valence-corrected chi connectivity index (χ4v) is 2.24. The number of aryl methyl sites for hydroxylation is 1. The van der Waals surface area contributed by atoms with Crippen LogP contribution in [0.5, 0.6) is 0 Å². The maximum absolute atomic E-state index is 13.7. The van der Waals surface area contributed by atoms with Crippen molar-refractivity contribution in [3.8, 4) is 0 Å². The summed E-state index contributed by atoms with van der Waals surface area (Å²) in [5.41, 5.74) is 1.89. The zero-order valence-electron chi connectivity index (χ0n) is 11.4. The van der Waals surface area contributed by atoms with Crippen molar-refractivity contribution < 1.29 is 9.18 Å². The molecule has 0 saturated heterocycles. The van der Waals surface area contributed by atoms with Gasteiger partial charge in [-0.05, 0) is 37.6 Å². The molecule has 0 heterocycles. The fourth-order valence-electron chi connectivity index (χ4n) is 2.03. The Bertz CT molecular complexity index is 642. The Morgan fingerprint density at radius 3 is 2.65 bits per heavy atom. The van der Waals surface area contributed by atoms with Gasteiger partial charge in [0, 0.05) is 16.0 Å². The molecule has 2 rings (SSSR count). The third kappa shape index (κ3) is 3.20. The summed E-state index contributed by atoms with van der Waals surface area (Å²) in [7, 11) is 0. The Kier molecular flexibility index (Phi) is 4.45. The van der Waals surface area contributed by atoms with Crippen LogP contribution >= 0.6 is 12.6 Å². The minimum absolute atomic E-state index is 0.228. The number of nitrogens with one attached hydrogen (secondary N) is 1. The Morgan fingerprint density at radius 2 is 1.95 bits per heavy atom. The van der Waals surface area contributed by atoms with Crippen molar-refractivity contribution in [3.05, 3.63) is 65.0 Å². The average molecular weight is 289 g/mol. The second kappa shape index (κ2) is 6.09. The Hall–Kier alpha value is -1.81. The molecule has 1 N–H and O–H groups in total. The maximum atomic E-state index is 13.7. The van der Waals surface area contributed by atoms with Crippen molar-refractivity contribution in [1.82, 2.24) is 5.32 Å². The molecule has 2 aromatic rings. The van der Waals surface area contributed by atoms with E-state index in [0.717, 1.165) is 10.5 Å². The molecular weight excluding hydrogens is 273 g/mol. The number of carbonyl (C=O) groups excluding carboxylic acids is 1. The van der Waals surface area contributed by atoms with Crippen molar-refractivity contribution >= 4 is 18.5 Å². The number of benzene rings is 2. The van der Waals surface area contributed by atoms with E-state index in [9.17, 15) is 9.18 Å². The molecule has 0 saturated carbocycles. The number of hydrogen-bond donors (Lipinski definition) is 2. The summed E-state index contributed by atoms with van der Waals surface area (Å²) in [5.74, 6) is -0.547. The third-order valence-corrected chi connectivity index (χ3v) is 3.46. The second-order valence-electron chi connectivity index (χ2n) is 4.72. The molecule has 4 heteroatoms. The molecule has 104 valence electrons. The summed E-state index contributed by atoms with van der Waals surface area (Å²) in [6.45, 7) is 3.62. The minimum atomic E-state index is -0.397. The largest absolute Gasteiger partial charge is 0.345 e. The first-order valence-electron chi connectivity index (χ1n) is 6.34. The van der Waals surface area contributed by atoms with E-state index in [1.54, 1.807) is 31.2 Å². The summed E-state index contributed by atoms with van der Waals surface area (Å²) < 4.78 is 13.7. The lowest BCUT2D eigenvalue weighted by molar-refractivity contribution is 0.0938. The Morgan fingerprint density at radius 1 is 1.25 bits per heavy atom. The smallest absolute Gasteiger partial charge is 0.252 e. The molecular formula is C16H16FNOS. The predicted octanol–water partition coefficient (Wildman–Crippen LogP) is 3.91. The van der Waals surface area contributed by atoms with Crippen LogP contribution in [0, 0.1) is 12.7 Å². The lowest BCUT2D eigenvalue weighted by Gasteiger charge is -2.16. The van der Waals surface area contributed by atoms with Crippen LogP contribution in [0.15, 0.2) is 47.4 Å². The van der Waals surface area contributed by atoms with Crippen LogP contribution in [-0.2, 0) is 0 Å². The number of thiol groups is 1. The Labute approximate surface area is 123 Å². The summed E-state index contributed by atoms with van der Waals surface area (Å²) in [5, 5.41) is 2.81. The van der Waals surface area contributed by atoms with Crippen molar-refractivity contribution in [1.29, 1.82) is 0 Å². The molecule has 0 aliphatic heterocycles. The number of hydrogen-bond acceptors (Lipinski definition) is 2. The molecule has 1 atom stereocenters. The highest BCUT2D eigenvalue weighted by Crippen LogP contribution is 2.18. The highest BCUT2D eigenvalue weighted by Gasteiger charge is 2.15. The van der Waals surface area contributed by atoms with Gasteiger partial charge in [0.1, 0.15) is 5.82 Å². The van der Waals surface area contributed by atoms with Gasteiger partial charge < -0.3 is 5.32 Å². The summed E-state index contributed by atoms with van der Waals surface area (Å²) in [6, 6.07) is 11.4. The van der Waals surface area contributed by atoms with E-state index in [0.29, 0.717) is 11.1 Å². The molecule has 0 aliphatic rings. The highest BCUT2D eigenvalue weighted by molar-refractivity contribution is 7.80. The zero-order chi connectivity index (χ0) is 14.7. The predicted molar refractivity (Wildman–Crippen MR) is 80.7 cm³/mol. The maximum Gasteiger partial charge on any atom is 0.252 e. The van der Waals surface area contributed by atoms with Gasteiger partial charge in [-0.1, -0.05) is 24.3 Å². The van der Waals surface area contributed by atoms with E-state index in [1.165, 1.54) is 6.07 Å². The molecule has 20 heavy (non-hydrogen) atoms. The van der Waals surface area contributed by atoms with Crippen LogP contribution in [-0.4, -0.2) is 5.91 Å². The van der Waals surface area contributed by atoms with Gasteiger partial charge in [-0.25, -0.2) is 4.39 Å². The average Bonchev–Trinajstić information content (AvgIpc) is 2.41. The van der Waals surface area contributed by atoms with Gasteiger partial charge in [-0.2, -0.15) is 0 Å². The SMILES string of the molecule is Cc1ccc(S)cc1C(=O)NC(C)c1ccccc1F. The van der Waals surface area contributed by atoms with E-state index in [2.05, 4.69) is 17.9 Å². The number of rotatable bonds is 3. The molecule has 0 bridgehead atoms. The first kappa shape index (κ1) is 14.6. The minimum Gasteiger partial charge on any atom is -0.345 e. The standard InChI is InChI=1S/C16H16FNOS/c1-10-7-8-12(20)9-14(10)16(19)18-11(2)13-5-3-4-6-15(13)17/h3-9,11,20H,1-2H3,(H,18,19). The van der Waals surface area contributed by atoms with Crippen molar-refractivity contribution in [3.63, 3.8) is 0 Å². The Balaban J connectivity index is 2.20. The molecule has 0 radical (unpaired) electrons. The summed E-state index contributed by atoms with van der Waals surface area (Å²) in [4.78, 5) is 13.0. The molecule has 0 spiro atoms. The quantitative estimate of drug-likeness (QED) is 0.824. The van der Waals surface area contributed by atoms with Crippen molar-refractivity contribution in [2.75, 3.05) is 0 Å². The van der Waals surface area contributed by atoms with E-state index >= 15 is 0 Å². The van der Waals surface area contributed by atoms with Gasteiger partial charge in [0.05, 0.1) is 6.04 Å². The van der Waals surface area contributed by atoms with Crippen molar-refractivity contribution in [2.45, 2.75) is 24.8 Å². The lowest BCUT2D eigenvalue weighted by Crippen LogP contribution is -2.27. The highest BCUT2D eigenvalue weighted by atomic mass is 32.1. The van der Waals surface area contributed by atoms with E-state index in [4.69, 9.17) is 0 Å². The second-order valence-corrected chi connectivity index (χ2v) is 5.23. The van der Waals surface area contributed by atoms with Gasteiger partial charge in [-0.15, -0.1) is 12.6 Å². The fraction of sp³-hybridized carbons (Fsp3) is 0.188. The third-order valence-electron chi connectivity index (χ3n) is 3.19. The van der Waals surface area contributed by atoms with Gasteiger partial charge in [0.2, 0.25) is 0 Å². The van der Waals surface area contributed by atoms with Crippen LogP contribution < -0.4 is 5.32 Å². The van der Waals surface area contributed by atoms with Crippen LogP contribution in [0.2, 0.25) is 0 Å². The molecule has 1 amide bonds. The molecule has 2 aromatic carbocycles. The number of halogens is 1. The van der Waals surface area contributed by atoms with E-state index < -0.39 is 6.04 Å². The normalized spacial score (nSPS) is 12.0. The summed E-state index contributed by atoms with van der Waals surface area (Å²) in [6.07, 6.45) is 0. The van der Waals surface area contributed by atoms with Crippen LogP contribution in [0.1, 0.15) is 34.5 Å². The van der Waals surface area contributed by atoms with Crippen LogP contribution in [0.3, 0.4) is 0 Å².